The molecule has 3 rings (SSSR count). The lowest BCUT2D eigenvalue weighted by Crippen LogP contribution is -2.17. The molecule has 3 aromatic rings. The standard InChI is InChI=1S/C18H15F3N4O/c1-11-5-3-8-15(22-11)17(26)23-16-9-12(2)24-25(16)14-7-4-6-13(10-14)18(19,20)21/h3-10H,1-2H3,(H,23,26). The average Bonchev–Trinajstić information content (AvgIpc) is 2.94. The molecule has 0 aliphatic rings. The number of carbonyl (C=O) groups is 1. The molecule has 8 heteroatoms. The fourth-order valence-corrected chi connectivity index (χ4v) is 2.45. The van der Waals surface area contributed by atoms with Crippen LogP contribution in [0.25, 0.3) is 5.69 Å². The summed E-state index contributed by atoms with van der Waals surface area (Å²) in [5.74, 6) is -0.211. The largest absolute Gasteiger partial charge is 0.416 e. The highest BCUT2D eigenvalue weighted by atomic mass is 19.4. The summed E-state index contributed by atoms with van der Waals surface area (Å²) in [6.07, 6.45) is -4.47. The number of alkyl halides is 3. The Bertz CT molecular complexity index is 963. The van der Waals surface area contributed by atoms with Crippen LogP contribution < -0.4 is 5.32 Å². The third kappa shape index (κ3) is 3.74. The fraction of sp³-hybridized carbons (Fsp3) is 0.167. The molecule has 5 nitrogen and oxygen atoms in total. The van der Waals surface area contributed by atoms with E-state index in [0.717, 1.165) is 12.1 Å². The molecule has 0 atom stereocenters. The molecule has 1 N–H and O–H groups in total. The van der Waals surface area contributed by atoms with Gasteiger partial charge in [0, 0.05) is 11.8 Å². The number of amides is 1. The third-order valence-electron chi connectivity index (χ3n) is 3.61. The van der Waals surface area contributed by atoms with Gasteiger partial charge in [-0.25, -0.2) is 9.67 Å². The van der Waals surface area contributed by atoms with Crippen molar-refractivity contribution in [3.8, 4) is 5.69 Å². The van der Waals surface area contributed by atoms with Crippen LogP contribution in [0.3, 0.4) is 0 Å². The van der Waals surface area contributed by atoms with Crippen LogP contribution in [0.1, 0.15) is 27.4 Å². The Morgan fingerprint density at radius 3 is 2.46 bits per heavy atom. The first kappa shape index (κ1) is 17.7. The van der Waals surface area contributed by atoms with Crippen LogP contribution >= 0.6 is 0 Å². The van der Waals surface area contributed by atoms with Gasteiger partial charge in [0.05, 0.1) is 16.9 Å². The number of nitrogens with zero attached hydrogens (tertiary/aromatic N) is 3. The average molecular weight is 360 g/mol. The van der Waals surface area contributed by atoms with E-state index in [1.54, 1.807) is 38.1 Å². The molecule has 134 valence electrons. The Morgan fingerprint density at radius 1 is 1.04 bits per heavy atom. The second kappa shape index (κ2) is 6.62. The summed E-state index contributed by atoms with van der Waals surface area (Å²) in [7, 11) is 0. The summed E-state index contributed by atoms with van der Waals surface area (Å²) >= 11 is 0. The van der Waals surface area contributed by atoms with Gasteiger partial charge >= 0.3 is 6.18 Å². The first-order valence-electron chi connectivity index (χ1n) is 7.73. The molecule has 0 bridgehead atoms. The number of nitrogens with one attached hydrogen (secondary N) is 1. The monoisotopic (exact) mass is 360 g/mol. The molecule has 0 fully saturated rings. The summed E-state index contributed by atoms with van der Waals surface area (Å²) in [5, 5.41) is 6.83. The zero-order chi connectivity index (χ0) is 18.9. The van der Waals surface area contributed by atoms with E-state index in [2.05, 4.69) is 15.4 Å². The van der Waals surface area contributed by atoms with Crippen LogP contribution in [0.2, 0.25) is 0 Å². The molecule has 0 saturated heterocycles. The molecule has 2 heterocycles. The van der Waals surface area contributed by atoms with Crippen molar-refractivity contribution >= 4 is 11.7 Å². The van der Waals surface area contributed by atoms with Crippen molar-refractivity contribution in [2.24, 2.45) is 0 Å². The topological polar surface area (TPSA) is 59.8 Å². The fourth-order valence-electron chi connectivity index (χ4n) is 2.45. The third-order valence-corrected chi connectivity index (χ3v) is 3.61. The molecule has 0 aliphatic carbocycles. The zero-order valence-corrected chi connectivity index (χ0v) is 14.0. The van der Waals surface area contributed by atoms with E-state index in [4.69, 9.17) is 0 Å². The lowest BCUT2D eigenvalue weighted by atomic mass is 10.2. The minimum atomic E-state index is -4.47. The predicted molar refractivity (Wildman–Crippen MR) is 90.2 cm³/mol. The van der Waals surface area contributed by atoms with Crippen LogP contribution in [-0.4, -0.2) is 20.7 Å². The van der Waals surface area contributed by atoms with Gasteiger partial charge in [0.15, 0.2) is 0 Å². The van der Waals surface area contributed by atoms with Crippen molar-refractivity contribution in [1.29, 1.82) is 0 Å². The van der Waals surface area contributed by atoms with Gasteiger partial charge in [-0.2, -0.15) is 18.3 Å². The van der Waals surface area contributed by atoms with Crippen LogP contribution in [0.5, 0.6) is 0 Å². The molecule has 0 radical (unpaired) electrons. The van der Waals surface area contributed by atoms with Gasteiger partial charge < -0.3 is 5.32 Å². The van der Waals surface area contributed by atoms with Gasteiger partial charge in [0.2, 0.25) is 0 Å². The summed E-state index contributed by atoms with van der Waals surface area (Å²) in [5.41, 5.74) is 0.843. The Labute approximate surface area is 147 Å². The molecule has 2 aromatic heterocycles. The number of halogens is 3. The Morgan fingerprint density at radius 2 is 1.77 bits per heavy atom. The van der Waals surface area contributed by atoms with E-state index >= 15 is 0 Å². The molecular formula is C18H15F3N4O. The minimum Gasteiger partial charge on any atom is -0.305 e. The van der Waals surface area contributed by atoms with Crippen molar-refractivity contribution in [3.63, 3.8) is 0 Å². The number of hydrogen-bond acceptors (Lipinski definition) is 3. The number of hydrogen-bond donors (Lipinski definition) is 1. The maximum Gasteiger partial charge on any atom is 0.416 e. The zero-order valence-electron chi connectivity index (χ0n) is 14.0. The van der Waals surface area contributed by atoms with E-state index in [9.17, 15) is 18.0 Å². The Kier molecular flexibility index (Phi) is 4.50. The molecule has 0 saturated carbocycles. The van der Waals surface area contributed by atoms with Crippen molar-refractivity contribution < 1.29 is 18.0 Å². The minimum absolute atomic E-state index is 0.195. The lowest BCUT2D eigenvalue weighted by molar-refractivity contribution is -0.137. The number of benzene rings is 1. The van der Waals surface area contributed by atoms with Gasteiger partial charge in [-0.1, -0.05) is 12.1 Å². The number of aromatic nitrogens is 3. The summed E-state index contributed by atoms with van der Waals surface area (Å²) in [4.78, 5) is 16.5. The van der Waals surface area contributed by atoms with E-state index in [0.29, 0.717) is 11.4 Å². The van der Waals surface area contributed by atoms with E-state index in [1.807, 2.05) is 0 Å². The van der Waals surface area contributed by atoms with E-state index in [1.165, 1.54) is 16.8 Å². The van der Waals surface area contributed by atoms with Crippen molar-refractivity contribution in [2.45, 2.75) is 20.0 Å². The van der Waals surface area contributed by atoms with Crippen LogP contribution in [-0.2, 0) is 6.18 Å². The highest BCUT2D eigenvalue weighted by Crippen LogP contribution is 2.31. The van der Waals surface area contributed by atoms with E-state index < -0.39 is 17.6 Å². The number of anilines is 1. The molecule has 0 unspecified atom stereocenters. The normalized spacial score (nSPS) is 11.4. The quantitative estimate of drug-likeness (QED) is 0.763. The molecule has 1 aromatic carbocycles. The van der Waals surface area contributed by atoms with Crippen LogP contribution in [0.15, 0.2) is 48.5 Å². The van der Waals surface area contributed by atoms with Gasteiger partial charge in [0.1, 0.15) is 11.5 Å². The first-order valence-corrected chi connectivity index (χ1v) is 7.73. The van der Waals surface area contributed by atoms with Gasteiger partial charge in [0.25, 0.3) is 5.91 Å². The van der Waals surface area contributed by atoms with E-state index in [-0.39, 0.29) is 17.2 Å². The van der Waals surface area contributed by atoms with Crippen molar-refractivity contribution in [3.05, 3.63) is 71.2 Å². The number of pyridine rings is 1. The lowest BCUT2D eigenvalue weighted by Gasteiger charge is -2.11. The van der Waals surface area contributed by atoms with Crippen molar-refractivity contribution in [1.82, 2.24) is 14.8 Å². The molecule has 0 spiro atoms. The second-order valence-electron chi connectivity index (χ2n) is 5.75. The first-order chi connectivity index (χ1) is 12.2. The summed E-state index contributed by atoms with van der Waals surface area (Å²) in [6, 6.07) is 11.3. The second-order valence-corrected chi connectivity index (χ2v) is 5.75. The molecule has 26 heavy (non-hydrogen) atoms. The van der Waals surface area contributed by atoms with Gasteiger partial charge in [-0.05, 0) is 44.2 Å². The highest BCUT2D eigenvalue weighted by Gasteiger charge is 2.30. The molecule has 1 amide bonds. The number of aryl methyl sites for hydroxylation is 2. The maximum absolute atomic E-state index is 13.0. The summed E-state index contributed by atoms with van der Waals surface area (Å²) < 4.78 is 40.1. The number of rotatable bonds is 3. The number of carbonyl (C=O) groups excluding carboxylic acids is 1. The van der Waals surface area contributed by atoms with Gasteiger partial charge in [-0.3, -0.25) is 4.79 Å². The Balaban J connectivity index is 1.95. The molecular weight excluding hydrogens is 345 g/mol. The smallest absolute Gasteiger partial charge is 0.305 e. The highest BCUT2D eigenvalue weighted by molar-refractivity contribution is 6.02. The van der Waals surface area contributed by atoms with Crippen LogP contribution in [0.4, 0.5) is 19.0 Å². The van der Waals surface area contributed by atoms with Gasteiger partial charge in [-0.15, -0.1) is 0 Å². The Hall–Kier alpha value is -3.16. The summed E-state index contributed by atoms with van der Waals surface area (Å²) in [6.45, 7) is 3.44. The van der Waals surface area contributed by atoms with Crippen molar-refractivity contribution in [2.75, 3.05) is 5.32 Å². The van der Waals surface area contributed by atoms with Crippen LogP contribution in [0, 0.1) is 13.8 Å². The molecule has 0 aliphatic heterocycles. The maximum atomic E-state index is 13.0. The predicted octanol–water partition coefficient (Wildman–Crippen LogP) is 4.16. The SMILES string of the molecule is Cc1cccc(C(=O)Nc2cc(C)nn2-c2cccc(C(F)(F)F)c2)n1.